The van der Waals surface area contributed by atoms with E-state index < -0.39 is 6.10 Å². The van der Waals surface area contributed by atoms with Crippen LogP contribution < -0.4 is 10.6 Å². The summed E-state index contributed by atoms with van der Waals surface area (Å²) in [5.41, 5.74) is 3.73. The molecule has 0 spiro atoms. The number of benzene rings is 2. The number of rotatable bonds is 7. The maximum atomic E-state index is 12.7. The Balaban J connectivity index is 1.21. The van der Waals surface area contributed by atoms with Gasteiger partial charge in [-0.25, -0.2) is 0 Å². The van der Waals surface area contributed by atoms with Crippen molar-refractivity contribution in [2.75, 3.05) is 32.8 Å². The number of morpholine rings is 1. The number of fused-ring (bicyclic) bond motifs is 1. The van der Waals surface area contributed by atoms with Crippen molar-refractivity contribution in [1.82, 2.24) is 15.5 Å². The van der Waals surface area contributed by atoms with Gasteiger partial charge < -0.3 is 25.4 Å². The lowest BCUT2D eigenvalue weighted by Gasteiger charge is -2.33. The highest BCUT2D eigenvalue weighted by Crippen LogP contribution is 2.21. The summed E-state index contributed by atoms with van der Waals surface area (Å²) in [4.78, 5) is 26.9. The Morgan fingerprint density at radius 2 is 1.72 bits per heavy atom. The van der Waals surface area contributed by atoms with E-state index in [4.69, 9.17) is 4.74 Å². The Bertz CT molecular complexity index is 921. The molecule has 2 amide bonds. The second-order valence-electron chi connectivity index (χ2n) is 8.65. The summed E-state index contributed by atoms with van der Waals surface area (Å²) in [6, 6.07) is 15.4. The Labute approximate surface area is 188 Å². The Morgan fingerprint density at radius 3 is 2.38 bits per heavy atom. The molecular formula is C25H31N3O4. The first-order valence-corrected chi connectivity index (χ1v) is 11.3. The number of carbonyl (C=O) groups excluding carboxylic acids is 2. The largest absolute Gasteiger partial charge is 0.390 e. The summed E-state index contributed by atoms with van der Waals surface area (Å²) in [5.74, 6) is -0.320. The molecule has 32 heavy (non-hydrogen) atoms. The molecule has 2 aromatic rings. The van der Waals surface area contributed by atoms with E-state index in [1.165, 1.54) is 11.1 Å². The molecule has 0 bridgehead atoms. The van der Waals surface area contributed by atoms with Crippen LogP contribution >= 0.6 is 0 Å². The number of aliphatic hydroxyl groups excluding tert-OH is 1. The van der Waals surface area contributed by atoms with Crippen molar-refractivity contribution in [3.8, 4) is 0 Å². The number of aliphatic hydroxyl groups is 1. The molecule has 7 nitrogen and oxygen atoms in total. The van der Waals surface area contributed by atoms with Crippen molar-refractivity contribution in [3.05, 3.63) is 70.8 Å². The third-order valence-electron chi connectivity index (χ3n) is 6.21. The molecule has 7 heteroatoms. The van der Waals surface area contributed by atoms with E-state index in [9.17, 15) is 14.7 Å². The maximum Gasteiger partial charge on any atom is 0.254 e. The van der Waals surface area contributed by atoms with Gasteiger partial charge in [0.1, 0.15) is 0 Å². The fourth-order valence-electron chi connectivity index (χ4n) is 4.35. The molecule has 1 fully saturated rings. The summed E-state index contributed by atoms with van der Waals surface area (Å²) >= 11 is 0. The number of hydrogen-bond donors (Lipinski definition) is 3. The molecule has 0 aromatic heterocycles. The molecule has 4 rings (SSSR count). The van der Waals surface area contributed by atoms with E-state index in [1.54, 1.807) is 29.2 Å². The van der Waals surface area contributed by atoms with E-state index in [0.717, 1.165) is 12.8 Å². The lowest BCUT2D eigenvalue weighted by atomic mass is 10.1. The molecule has 1 saturated heterocycles. The zero-order chi connectivity index (χ0) is 22.5. The number of amides is 2. The van der Waals surface area contributed by atoms with E-state index in [0.29, 0.717) is 43.5 Å². The highest BCUT2D eigenvalue weighted by molar-refractivity contribution is 5.98. The lowest BCUT2D eigenvalue weighted by Crippen LogP contribution is -2.47. The monoisotopic (exact) mass is 437 g/mol. The average molecular weight is 438 g/mol. The quantitative estimate of drug-likeness (QED) is 0.609. The van der Waals surface area contributed by atoms with E-state index in [-0.39, 0.29) is 24.4 Å². The van der Waals surface area contributed by atoms with E-state index in [2.05, 4.69) is 34.9 Å². The van der Waals surface area contributed by atoms with Crippen molar-refractivity contribution in [2.24, 2.45) is 0 Å². The fraction of sp³-hybridized carbons (Fsp3) is 0.440. The van der Waals surface area contributed by atoms with Crippen LogP contribution in [0.25, 0.3) is 0 Å². The topological polar surface area (TPSA) is 90.9 Å². The summed E-state index contributed by atoms with van der Waals surface area (Å²) < 4.78 is 5.38. The van der Waals surface area contributed by atoms with Gasteiger partial charge in [-0.1, -0.05) is 24.3 Å². The molecule has 170 valence electrons. The van der Waals surface area contributed by atoms with Crippen molar-refractivity contribution in [3.63, 3.8) is 0 Å². The minimum absolute atomic E-state index is 0.0349. The molecule has 2 aliphatic rings. The van der Waals surface area contributed by atoms with Gasteiger partial charge in [0.25, 0.3) is 11.8 Å². The van der Waals surface area contributed by atoms with Gasteiger partial charge in [0, 0.05) is 36.8 Å². The number of carbonyl (C=O) groups is 2. The highest BCUT2D eigenvalue weighted by atomic mass is 16.5. The predicted molar refractivity (Wildman–Crippen MR) is 122 cm³/mol. The first-order chi connectivity index (χ1) is 15.5. The zero-order valence-electron chi connectivity index (χ0n) is 18.4. The molecule has 1 aliphatic heterocycles. The molecule has 1 aliphatic carbocycles. The number of hydrogen-bond acceptors (Lipinski definition) is 5. The van der Waals surface area contributed by atoms with Crippen molar-refractivity contribution in [2.45, 2.75) is 38.0 Å². The predicted octanol–water partition coefficient (Wildman–Crippen LogP) is 1.40. The highest BCUT2D eigenvalue weighted by Gasteiger charge is 2.25. The van der Waals surface area contributed by atoms with Crippen LogP contribution in [0.5, 0.6) is 0 Å². The molecular weight excluding hydrogens is 406 g/mol. The molecule has 0 unspecified atom stereocenters. The first kappa shape index (κ1) is 22.5. The molecule has 0 saturated carbocycles. The number of nitrogens with zero attached hydrogens (tertiary/aromatic N) is 1. The molecule has 1 heterocycles. The molecule has 2 atom stereocenters. The number of ether oxygens (including phenoxy) is 1. The van der Waals surface area contributed by atoms with Crippen LogP contribution in [-0.4, -0.2) is 72.9 Å². The minimum atomic E-state index is -0.675. The Morgan fingerprint density at radius 1 is 1.06 bits per heavy atom. The van der Waals surface area contributed by atoms with Crippen LogP contribution in [0.4, 0.5) is 0 Å². The van der Waals surface area contributed by atoms with Gasteiger partial charge in [-0.2, -0.15) is 0 Å². The first-order valence-electron chi connectivity index (χ1n) is 11.3. The van der Waals surface area contributed by atoms with Crippen LogP contribution in [0.15, 0.2) is 48.5 Å². The van der Waals surface area contributed by atoms with Crippen molar-refractivity contribution >= 4 is 11.8 Å². The van der Waals surface area contributed by atoms with Crippen LogP contribution in [0.1, 0.15) is 38.8 Å². The minimum Gasteiger partial charge on any atom is -0.390 e. The van der Waals surface area contributed by atoms with Gasteiger partial charge >= 0.3 is 0 Å². The van der Waals surface area contributed by atoms with Crippen LogP contribution in [0.2, 0.25) is 0 Å². The van der Waals surface area contributed by atoms with Crippen molar-refractivity contribution in [1.29, 1.82) is 0 Å². The maximum absolute atomic E-state index is 12.7. The lowest BCUT2D eigenvalue weighted by molar-refractivity contribution is 0.00359. The zero-order valence-corrected chi connectivity index (χ0v) is 18.4. The van der Waals surface area contributed by atoms with Crippen LogP contribution in [0, 0.1) is 0 Å². The Kier molecular flexibility index (Phi) is 7.19. The van der Waals surface area contributed by atoms with Crippen molar-refractivity contribution < 1.29 is 19.4 Å². The molecule has 2 aromatic carbocycles. The van der Waals surface area contributed by atoms with Gasteiger partial charge in [0.2, 0.25) is 0 Å². The summed E-state index contributed by atoms with van der Waals surface area (Å²) in [6.07, 6.45) is 1.25. The Hall–Kier alpha value is -2.74. The van der Waals surface area contributed by atoms with Gasteiger partial charge in [-0.15, -0.1) is 0 Å². The number of nitrogens with one attached hydrogen (secondary N) is 2. The molecule has 0 radical (unpaired) electrons. The van der Waals surface area contributed by atoms with Gasteiger partial charge in [0.15, 0.2) is 0 Å². The summed E-state index contributed by atoms with van der Waals surface area (Å²) in [7, 11) is 0. The van der Waals surface area contributed by atoms with Gasteiger partial charge in [-0.3, -0.25) is 9.59 Å². The molecule has 3 N–H and O–H groups in total. The van der Waals surface area contributed by atoms with Gasteiger partial charge in [0.05, 0.1) is 25.4 Å². The third-order valence-corrected chi connectivity index (χ3v) is 6.21. The second kappa shape index (κ2) is 10.3. The SMILES string of the molecule is C[C@@H]1COCCN1C(=O)c1ccc(C(=O)NC[C@@H](O)CNC2Cc3ccccc3C2)cc1. The summed E-state index contributed by atoms with van der Waals surface area (Å²) in [6.45, 7) is 4.20. The van der Waals surface area contributed by atoms with E-state index >= 15 is 0 Å². The van der Waals surface area contributed by atoms with E-state index in [1.807, 2.05) is 6.92 Å². The van der Waals surface area contributed by atoms with Crippen LogP contribution in [0.3, 0.4) is 0 Å². The summed E-state index contributed by atoms with van der Waals surface area (Å²) in [5, 5.41) is 16.4. The third kappa shape index (κ3) is 5.35. The van der Waals surface area contributed by atoms with Gasteiger partial charge in [-0.05, 0) is 55.2 Å². The fourth-order valence-corrected chi connectivity index (χ4v) is 4.35. The average Bonchev–Trinajstić information content (AvgIpc) is 3.24. The smallest absolute Gasteiger partial charge is 0.254 e. The standard InChI is InChI=1S/C25H31N3O4/c1-17-16-32-11-10-28(17)25(31)19-8-6-18(7-9-19)24(30)27-15-23(29)14-26-22-12-20-4-2-3-5-21(20)13-22/h2-9,17,22-23,26,29H,10-16H2,1H3,(H,27,30)/t17-,23+/m1/s1. The second-order valence-corrected chi connectivity index (χ2v) is 8.65. The normalized spacial score (nSPS) is 19.4. The van der Waals surface area contributed by atoms with Crippen LogP contribution in [-0.2, 0) is 17.6 Å².